The van der Waals surface area contributed by atoms with E-state index in [9.17, 15) is 0 Å². The fraction of sp³-hybridized carbons (Fsp3) is 1.00. The minimum atomic E-state index is -2.06. The summed E-state index contributed by atoms with van der Waals surface area (Å²) in [5.41, 5.74) is -0.674. The number of aliphatic hydroxyl groups is 1. The SMILES string of the molecule is C.[2H]C([2H])(O)C(C)(C)C. The fourth-order valence-electron chi connectivity index (χ4n) is 0. The first-order chi connectivity index (χ1) is 3.25. The molecule has 0 atom stereocenters. The number of hydrogen-bond acceptors (Lipinski definition) is 1. The average Bonchev–Trinajstić information content (AvgIpc) is 1.25. The molecule has 0 aliphatic carbocycles. The van der Waals surface area contributed by atoms with E-state index in [-0.39, 0.29) is 7.43 Å². The number of hydrogen-bond donors (Lipinski definition) is 1. The second-order valence-electron chi connectivity index (χ2n) is 2.36. The molecule has 0 saturated carbocycles. The Hall–Kier alpha value is -0.0400. The lowest BCUT2D eigenvalue weighted by atomic mass is 9.99. The van der Waals surface area contributed by atoms with Crippen LogP contribution in [-0.2, 0) is 0 Å². The maximum absolute atomic E-state index is 8.69. The zero-order valence-electron chi connectivity index (χ0n) is 6.45. The van der Waals surface area contributed by atoms with E-state index in [1.165, 1.54) is 0 Å². The first-order valence-electron chi connectivity index (χ1n) is 2.97. The predicted molar refractivity (Wildman–Crippen MR) is 33.3 cm³/mol. The van der Waals surface area contributed by atoms with Gasteiger partial charge in [0.25, 0.3) is 0 Å². The molecule has 0 heterocycles. The molecule has 0 aromatic carbocycles. The smallest absolute Gasteiger partial charge is 0.0569 e. The quantitative estimate of drug-likeness (QED) is 0.498. The molecule has 0 fully saturated rings. The second kappa shape index (κ2) is 3.03. The standard InChI is InChI=1S/C5H12O.CH4/c1-5(2,3)4-6;/h6H,4H2,1-3H3;1H4/i4D2;. The average molecular weight is 106 g/mol. The van der Waals surface area contributed by atoms with Gasteiger partial charge in [0, 0.05) is 6.56 Å². The van der Waals surface area contributed by atoms with Crippen molar-refractivity contribution in [3.63, 3.8) is 0 Å². The maximum Gasteiger partial charge on any atom is 0.0569 e. The molecule has 1 heteroatoms. The monoisotopic (exact) mass is 106 g/mol. The van der Waals surface area contributed by atoms with Crippen molar-refractivity contribution in [2.75, 3.05) is 6.56 Å². The largest absolute Gasteiger partial charge is 0.396 e. The fourth-order valence-corrected chi connectivity index (χ4v) is 0. The Morgan fingerprint density at radius 2 is 1.71 bits per heavy atom. The third kappa shape index (κ3) is 10.7. The lowest BCUT2D eigenvalue weighted by Gasteiger charge is -2.11. The summed E-state index contributed by atoms with van der Waals surface area (Å²) in [6, 6.07) is 0. The van der Waals surface area contributed by atoms with E-state index >= 15 is 0 Å². The summed E-state index contributed by atoms with van der Waals surface area (Å²) >= 11 is 0. The number of rotatable bonds is 0. The van der Waals surface area contributed by atoms with Gasteiger partial charge in [-0.25, -0.2) is 0 Å². The van der Waals surface area contributed by atoms with Gasteiger partial charge in [0.1, 0.15) is 0 Å². The van der Waals surface area contributed by atoms with Crippen LogP contribution in [0.3, 0.4) is 0 Å². The zero-order valence-corrected chi connectivity index (χ0v) is 4.45. The Kier molecular flexibility index (Phi) is 2.21. The van der Waals surface area contributed by atoms with Crippen molar-refractivity contribution in [1.29, 1.82) is 0 Å². The van der Waals surface area contributed by atoms with Crippen molar-refractivity contribution in [1.82, 2.24) is 0 Å². The topological polar surface area (TPSA) is 20.2 Å². The molecule has 0 spiro atoms. The van der Waals surface area contributed by atoms with E-state index in [0.717, 1.165) is 0 Å². The molecule has 0 radical (unpaired) electrons. The van der Waals surface area contributed by atoms with Crippen LogP contribution in [0.2, 0.25) is 0 Å². The molecule has 0 bridgehead atoms. The molecule has 7 heavy (non-hydrogen) atoms. The van der Waals surface area contributed by atoms with Gasteiger partial charge in [0.2, 0.25) is 0 Å². The van der Waals surface area contributed by atoms with Crippen LogP contribution in [0.4, 0.5) is 0 Å². The molecule has 0 aromatic rings. The Balaban J connectivity index is 0. The Morgan fingerprint density at radius 1 is 1.57 bits per heavy atom. The van der Waals surface area contributed by atoms with Crippen molar-refractivity contribution in [3.05, 3.63) is 0 Å². The van der Waals surface area contributed by atoms with Gasteiger partial charge in [-0.15, -0.1) is 0 Å². The van der Waals surface area contributed by atoms with Crippen LogP contribution in [0.1, 0.15) is 30.9 Å². The molecule has 0 saturated heterocycles. The van der Waals surface area contributed by atoms with Crippen LogP contribution in [0.25, 0.3) is 0 Å². The zero-order chi connectivity index (χ0) is 7.00. The van der Waals surface area contributed by atoms with Crippen LogP contribution >= 0.6 is 0 Å². The van der Waals surface area contributed by atoms with Crippen molar-refractivity contribution in [2.45, 2.75) is 28.2 Å². The van der Waals surface area contributed by atoms with Crippen molar-refractivity contribution >= 4 is 0 Å². The Morgan fingerprint density at radius 3 is 1.71 bits per heavy atom. The highest BCUT2D eigenvalue weighted by atomic mass is 16.3. The molecular formula is C6H16O. The normalized spacial score (nSPS) is 16.6. The summed E-state index contributed by atoms with van der Waals surface area (Å²) in [6.45, 7) is 2.87. The van der Waals surface area contributed by atoms with E-state index in [4.69, 9.17) is 7.85 Å². The highest BCUT2D eigenvalue weighted by Gasteiger charge is 2.05. The van der Waals surface area contributed by atoms with Gasteiger partial charge < -0.3 is 5.11 Å². The Labute approximate surface area is 49.2 Å². The first kappa shape index (κ1) is 5.10. The summed E-state index contributed by atoms with van der Waals surface area (Å²) in [6.07, 6.45) is 0. The summed E-state index contributed by atoms with van der Waals surface area (Å²) in [7, 11) is 0. The van der Waals surface area contributed by atoms with Gasteiger partial charge in [-0.2, -0.15) is 0 Å². The van der Waals surface area contributed by atoms with Crippen LogP contribution in [0.15, 0.2) is 0 Å². The van der Waals surface area contributed by atoms with Gasteiger partial charge in [0.15, 0.2) is 0 Å². The van der Waals surface area contributed by atoms with Crippen LogP contribution in [-0.4, -0.2) is 11.7 Å². The molecule has 0 aliphatic heterocycles. The predicted octanol–water partition coefficient (Wildman–Crippen LogP) is 1.66. The van der Waals surface area contributed by atoms with Gasteiger partial charge in [-0.3, -0.25) is 0 Å². The van der Waals surface area contributed by atoms with Gasteiger partial charge in [-0.1, -0.05) is 28.2 Å². The van der Waals surface area contributed by atoms with Gasteiger partial charge in [-0.05, 0) is 5.41 Å². The van der Waals surface area contributed by atoms with Gasteiger partial charge >= 0.3 is 0 Å². The van der Waals surface area contributed by atoms with Crippen molar-refractivity contribution in [2.24, 2.45) is 5.41 Å². The third-order valence-corrected chi connectivity index (χ3v) is 0.335. The summed E-state index contributed by atoms with van der Waals surface area (Å²) < 4.78 is 13.6. The van der Waals surface area contributed by atoms with Crippen LogP contribution < -0.4 is 0 Å². The van der Waals surface area contributed by atoms with Crippen LogP contribution in [0.5, 0.6) is 0 Å². The minimum absolute atomic E-state index is 0. The van der Waals surface area contributed by atoms with Crippen LogP contribution in [0, 0.1) is 5.41 Å². The lowest BCUT2D eigenvalue weighted by Crippen LogP contribution is -2.09. The lowest BCUT2D eigenvalue weighted by molar-refractivity contribution is 0.177. The second-order valence-corrected chi connectivity index (χ2v) is 2.36. The molecule has 0 rings (SSSR count). The maximum atomic E-state index is 8.69. The summed E-state index contributed by atoms with van der Waals surface area (Å²) in [5.74, 6) is 0. The molecule has 46 valence electrons. The molecule has 1 nitrogen and oxygen atoms in total. The van der Waals surface area contributed by atoms with Crippen molar-refractivity contribution < 1.29 is 7.85 Å². The van der Waals surface area contributed by atoms with E-state index in [0.29, 0.717) is 0 Å². The molecule has 0 aliphatic rings. The van der Waals surface area contributed by atoms with Crippen molar-refractivity contribution in [3.8, 4) is 0 Å². The summed E-state index contributed by atoms with van der Waals surface area (Å²) in [5, 5.41) is 8.69. The van der Waals surface area contributed by atoms with E-state index in [2.05, 4.69) is 0 Å². The molecular weight excluding hydrogens is 88.1 g/mol. The molecule has 0 aromatic heterocycles. The van der Waals surface area contributed by atoms with E-state index < -0.39 is 12.0 Å². The molecule has 0 amide bonds. The molecule has 1 N–H and O–H groups in total. The molecule has 0 unspecified atom stereocenters. The van der Waals surface area contributed by atoms with E-state index in [1.54, 1.807) is 20.8 Å². The first-order valence-corrected chi connectivity index (χ1v) is 1.97. The third-order valence-electron chi connectivity index (χ3n) is 0.335. The highest BCUT2D eigenvalue weighted by Crippen LogP contribution is 2.09. The highest BCUT2D eigenvalue weighted by molar-refractivity contribution is 4.55. The summed E-state index contributed by atoms with van der Waals surface area (Å²) in [4.78, 5) is 0. The van der Waals surface area contributed by atoms with E-state index in [1.807, 2.05) is 0 Å². The Bertz CT molecular complexity index is 66.0. The van der Waals surface area contributed by atoms with Gasteiger partial charge in [0.05, 0.1) is 2.74 Å². The minimum Gasteiger partial charge on any atom is -0.396 e.